The monoisotopic (exact) mass is 159 g/mol. The van der Waals surface area contributed by atoms with Crippen molar-refractivity contribution in [2.24, 2.45) is 5.73 Å². The number of hydrogen-bond acceptors (Lipinski definition) is 4. The largest absolute Gasteiger partial charge is 0.389 e. The van der Waals surface area contributed by atoms with Crippen LogP contribution in [0.2, 0.25) is 0 Å². The molecule has 0 atom stereocenters. The summed E-state index contributed by atoms with van der Waals surface area (Å²) in [5, 5.41) is 0.586. The number of anilines is 1. The summed E-state index contributed by atoms with van der Waals surface area (Å²) in [6.07, 6.45) is 0. The van der Waals surface area contributed by atoms with Gasteiger partial charge in [0.15, 0.2) is 0 Å². The maximum Gasteiger partial charge on any atom is 0.131 e. The SMILES string of the molecule is NC(=S)c1ncsc1N. The molecule has 0 radical (unpaired) electrons. The normalized spacial score (nSPS) is 9.33. The van der Waals surface area contributed by atoms with E-state index in [0.717, 1.165) is 0 Å². The second kappa shape index (κ2) is 2.28. The zero-order valence-electron chi connectivity index (χ0n) is 4.50. The lowest BCUT2D eigenvalue weighted by Gasteiger charge is -1.89. The number of rotatable bonds is 1. The van der Waals surface area contributed by atoms with E-state index in [-0.39, 0.29) is 4.99 Å². The minimum Gasteiger partial charge on any atom is -0.389 e. The lowest BCUT2D eigenvalue weighted by Crippen LogP contribution is -2.11. The number of nitrogens with two attached hydrogens (primary N) is 2. The summed E-state index contributed by atoms with van der Waals surface area (Å²) in [5.41, 5.74) is 12.8. The van der Waals surface area contributed by atoms with Gasteiger partial charge in [-0.25, -0.2) is 4.98 Å². The molecule has 48 valence electrons. The van der Waals surface area contributed by atoms with Gasteiger partial charge in [0.25, 0.3) is 0 Å². The van der Waals surface area contributed by atoms with Crippen molar-refractivity contribution in [3.63, 3.8) is 0 Å². The summed E-state index contributed by atoms with van der Waals surface area (Å²) in [7, 11) is 0. The van der Waals surface area contributed by atoms with Crippen LogP contribution in [0.1, 0.15) is 5.69 Å². The van der Waals surface area contributed by atoms with E-state index in [0.29, 0.717) is 10.7 Å². The maximum atomic E-state index is 5.43. The van der Waals surface area contributed by atoms with Gasteiger partial charge < -0.3 is 11.5 Å². The van der Waals surface area contributed by atoms with Crippen molar-refractivity contribution in [3.8, 4) is 0 Å². The van der Waals surface area contributed by atoms with Crippen molar-refractivity contribution in [3.05, 3.63) is 11.2 Å². The van der Waals surface area contributed by atoms with Crippen LogP contribution >= 0.6 is 23.6 Å². The van der Waals surface area contributed by atoms with Crippen LogP contribution in [0.3, 0.4) is 0 Å². The van der Waals surface area contributed by atoms with Crippen molar-refractivity contribution >= 4 is 33.5 Å². The van der Waals surface area contributed by atoms with Crippen LogP contribution in [0.25, 0.3) is 0 Å². The molecule has 4 N–H and O–H groups in total. The zero-order valence-corrected chi connectivity index (χ0v) is 6.13. The molecule has 1 aromatic heterocycles. The van der Waals surface area contributed by atoms with Crippen molar-refractivity contribution in [1.29, 1.82) is 0 Å². The molecule has 0 aliphatic carbocycles. The number of thiocarbonyl (C=S) groups is 1. The topological polar surface area (TPSA) is 64.9 Å². The first-order chi connectivity index (χ1) is 4.22. The molecule has 1 aromatic rings. The molecule has 1 heterocycles. The first-order valence-corrected chi connectivity index (χ1v) is 3.49. The summed E-state index contributed by atoms with van der Waals surface area (Å²) in [4.78, 5) is 4.10. The van der Waals surface area contributed by atoms with Gasteiger partial charge in [-0.3, -0.25) is 0 Å². The lowest BCUT2D eigenvalue weighted by atomic mass is 10.5. The van der Waals surface area contributed by atoms with Crippen LogP contribution in [0.4, 0.5) is 5.00 Å². The van der Waals surface area contributed by atoms with Gasteiger partial charge in [-0.05, 0) is 0 Å². The fraction of sp³-hybridized carbons (Fsp3) is 0. The van der Waals surface area contributed by atoms with Crippen LogP contribution in [0.15, 0.2) is 5.51 Å². The van der Waals surface area contributed by atoms with E-state index in [1.165, 1.54) is 11.3 Å². The quantitative estimate of drug-likeness (QED) is 0.581. The first-order valence-electron chi connectivity index (χ1n) is 2.20. The minimum absolute atomic E-state index is 0.258. The lowest BCUT2D eigenvalue weighted by molar-refractivity contribution is 1.38. The fourth-order valence-electron chi connectivity index (χ4n) is 0.440. The number of thiazole rings is 1. The van der Waals surface area contributed by atoms with E-state index >= 15 is 0 Å². The Balaban J connectivity index is 3.08. The van der Waals surface area contributed by atoms with Gasteiger partial charge in [0.05, 0.1) is 5.51 Å². The second-order valence-corrected chi connectivity index (χ2v) is 2.76. The summed E-state index contributed by atoms with van der Waals surface area (Å²) < 4.78 is 0. The summed E-state index contributed by atoms with van der Waals surface area (Å²) in [6.45, 7) is 0. The molecule has 3 nitrogen and oxygen atoms in total. The van der Waals surface area contributed by atoms with Crippen LogP contribution in [0.5, 0.6) is 0 Å². The van der Waals surface area contributed by atoms with Crippen LogP contribution in [0, 0.1) is 0 Å². The summed E-state index contributed by atoms with van der Waals surface area (Å²) in [5.74, 6) is 0. The van der Waals surface area contributed by atoms with Gasteiger partial charge in [0.1, 0.15) is 15.7 Å². The van der Waals surface area contributed by atoms with Crippen molar-refractivity contribution in [2.75, 3.05) is 5.73 Å². The number of hydrogen-bond donors (Lipinski definition) is 2. The van der Waals surface area contributed by atoms with E-state index in [1.807, 2.05) is 0 Å². The third-order valence-electron chi connectivity index (χ3n) is 0.828. The molecule has 0 bridgehead atoms. The standard InChI is InChI=1S/C4H5N3S2/c5-3(8)2-4(6)9-1-7-2/h1H,6H2,(H2,5,8). The fourth-order valence-corrected chi connectivity index (χ4v) is 1.21. The van der Waals surface area contributed by atoms with E-state index in [9.17, 15) is 0 Å². The van der Waals surface area contributed by atoms with E-state index in [1.54, 1.807) is 5.51 Å². The Hall–Kier alpha value is -0.680. The van der Waals surface area contributed by atoms with Crippen LogP contribution in [-0.4, -0.2) is 9.97 Å². The van der Waals surface area contributed by atoms with Gasteiger partial charge in [-0.15, -0.1) is 11.3 Å². The Morgan fingerprint density at radius 1 is 1.78 bits per heavy atom. The predicted molar refractivity (Wildman–Crippen MR) is 42.4 cm³/mol. The van der Waals surface area contributed by atoms with Gasteiger partial charge in [-0.2, -0.15) is 0 Å². The maximum absolute atomic E-state index is 5.43. The van der Waals surface area contributed by atoms with E-state index in [4.69, 9.17) is 11.5 Å². The molecule has 0 spiro atoms. The molecule has 0 saturated heterocycles. The molecule has 0 fully saturated rings. The van der Waals surface area contributed by atoms with Gasteiger partial charge in [-0.1, -0.05) is 12.2 Å². The highest BCUT2D eigenvalue weighted by atomic mass is 32.1. The van der Waals surface area contributed by atoms with Gasteiger partial charge in [0, 0.05) is 0 Å². The molecule has 0 aliphatic heterocycles. The Labute approximate surface area is 61.7 Å². The van der Waals surface area contributed by atoms with Crippen molar-refractivity contribution < 1.29 is 0 Å². The number of nitrogens with zero attached hydrogens (tertiary/aromatic N) is 1. The third kappa shape index (κ3) is 1.17. The number of nitrogen functional groups attached to an aromatic ring is 1. The zero-order chi connectivity index (χ0) is 6.85. The average molecular weight is 159 g/mol. The predicted octanol–water partition coefficient (Wildman–Crippen LogP) is 0.360. The Kier molecular flexibility index (Phi) is 1.63. The van der Waals surface area contributed by atoms with Crippen molar-refractivity contribution in [1.82, 2.24) is 4.98 Å². The molecule has 1 rings (SSSR count). The first kappa shape index (κ1) is 6.44. The highest BCUT2D eigenvalue weighted by molar-refractivity contribution is 7.80. The van der Waals surface area contributed by atoms with Crippen molar-refractivity contribution in [2.45, 2.75) is 0 Å². The average Bonchev–Trinajstić information content (AvgIpc) is 2.13. The molecule has 0 aliphatic rings. The van der Waals surface area contributed by atoms with Gasteiger partial charge in [0.2, 0.25) is 0 Å². The molecule has 0 amide bonds. The summed E-state index contributed by atoms with van der Waals surface area (Å²) in [6, 6.07) is 0. The smallest absolute Gasteiger partial charge is 0.131 e. The highest BCUT2D eigenvalue weighted by Crippen LogP contribution is 2.14. The van der Waals surface area contributed by atoms with Crippen LogP contribution < -0.4 is 11.5 Å². The minimum atomic E-state index is 0.258. The molecule has 9 heavy (non-hydrogen) atoms. The van der Waals surface area contributed by atoms with E-state index < -0.39 is 0 Å². The molecular formula is C4H5N3S2. The molecular weight excluding hydrogens is 154 g/mol. The third-order valence-corrected chi connectivity index (χ3v) is 1.68. The highest BCUT2D eigenvalue weighted by Gasteiger charge is 2.02. The molecule has 0 aromatic carbocycles. The van der Waals surface area contributed by atoms with Gasteiger partial charge >= 0.3 is 0 Å². The Morgan fingerprint density at radius 2 is 2.44 bits per heavy atom. The van der Waals surface area contributed by atoms with E-state index in [2.05, 4.69) is 17.2 Å². The number of aromatic nitrogens is 1. The molecule has 0 unspecified atom stereocenters. The Morgan fingerprint density at radius 3 is 2.67 bits per heavy atom. The molecule has 0 saturated carbocycles. The summed E-state index contributed by atoms with van der Waals surface area (Å²) >= 11 is 5.98. The van der Waals surface area contributed by atoms with Crippen LogP contribution in [-0.2, 0) is 0 Å². The second-order valence-electron chi connectivity index (χ2n) is 1.43. The molecule has 5 heteroatoms. The Bertz CT molecular complexity index is 229.